The van der Waals surface area contributed by atoms with Gasteiger partial charge in [0, 0.05) is 5.56 Å². The van der Waals surface area contributed by atoms with Gasteiger partial charge in [-0.05, 0) is 30.4 Å². The largest absolute Gasteiger partial charge is 0.497 e. The lowest BCUT2D eigenvalue weighted by molar-refractivity contribution is -0.405. The second kappa shape index (κ2) is 5.02. The number of hydrogen-bond donors (Lipinski definition) is 1. The SMILES string of the molecule is COc1ccc2c(c1)C=CC(O)(C(F)(F)C(F)(F)C(F)(F)F)O2. The molecule has 0 fully saturated rings. The number of rotatable bonds is 3. The predicted octanol–water partition coefficient (Wildman–Crippen LogP) is 3.62. The number of benzene rings is 1. The second-order valence-electron chi connectivity index (χ2n) is 4.68. The van der Waals surface area contributed by atoms with Crippen LogP contribution in [0.1, 0.15) is 5.56 Å². The van der Waals surface area contributed by atoms with Crippen molar-refractivity contribution in [3.63, 3.8) is 0 Å². The van der Waals surface area contributed by atoms with Crippen molar-refractivity contribution in [1.29, 1.82) is 0 Å². The molecule has 1 atom stereocenters. The fourth-order valence-corrected chi connectivity index (χ4v) is 1.85. The highest BCUT2D eigenvalue weighted by Gasteiger charge is 2.81. The first-order chi connectivity index (χ1) is 10.4. The molecule has 1 aromatic rings. The maximum absolute atomic E-state index is 13.7. The molecule has 10 heteroatoms. The van der Waals surface area contributed by atoms with Crippen LogP contribution in [0, 0.1) is 0 Å². The first-order valence-corrected chi connectivity index (χ1v) is 5.97. The molecular formula is C13H9F7O3. The van der Waals surface area contributed by atoms with Crippen molar-refractivity contribution in [2.24, 2.45) is 0 Å². The Morgan fingerprint density at radius 1 is 1.09 bits per heavy atom. The van der Waals surface area contributed by atoms with Crippen molar-refractivity contribution in [2.45, 2.75) is 23.8 Å². The van der Waals surface area contributed by atoms with E-state index in [1.54, 1.807) is 0 Å². The lowest BCUT2D eigenvalue weighted by atomic mass is 9.97. The summed E-state index contributed by atoms with van der Waals surface area (Å²) in [6.07, 6.45) is -5.81. The average Bonchev–Trinajstić information content (AvgIpc) is 2.45. The van der Waals surface area contributed by atoms with Crippen molar-refractivity contribution in [3.8, 4) is 11.5 Å². The van der Waals surface area contributed by atoms with E-state index in [0.29, 0.717) is 0 Å². The van der Waals surface area contributed by atoms with Gasteiger partial charge < -0.3 is 14.6 Å². The number of ether oxygens (including phenoxy) is 2. The van der Waals surface area contributed by atoms with Crippen LogP contribution in [0.25, 0.3) is 6.08 Å². The molecule has 1 heterocycles. The standard InChI is InChI=1S/C13H9F7O3/c1-22-8-2-3-9-7(6-8)4-5-10(21,23-9)11(14,15)12(16,17)13(18,19)20/h2-6,21H,1H3. The van der Waals surface area contributed by atoms with Gasteiger partial charge in [0.25, 0.3) is 5.79 Å². The quantitative estimate of drug-likeness (QED) is 0.850. The molecule has 0 spiro atoms. The summed E-state index contributed by atoms with van der Waals surface area (Å²) in [5.41, 5.74) is 0.0557. The van der Waals surface area contributed by atoms with Gasteiger partial charge in [0.15, 0.2) is 0 Å². The molecule has 0 amide bonds. The van der Waals surface area contributed by atoms with E-state index in [-0.39, 0.29) is 17.4 Å². The monoisotopic (exact) mass is 346 g/mol. The van der Waals surface area contributed by atoms with Crippen LogP contribution in [0.5, 0.6) is 11.5 Å². The first kappa shape index (κ1) is 17.4. The van der Waals surface area contributed by atoms with Gasteiger partial charge in [-0.25, -0.2) is 0 Å². The minimum Gasteiger partial charge on any atom is -0.497 e. The van der Waals surface area contributed by atoms with Crippen LogP contribution in [0.15, 0.2) is 24.3 Å². The molecule has 0 aliphatic carbocycles. The van der Waals surface area contributed by atoms with Crippen LogP contribution in [0.2, 0.25) is 0 Å². The van der Waals surface area contributed by atoms with Crippen LogP contribution in [-0.4, -0.2) is 36.0 Å². The Hall–Kier alpha value is -1.97. The van der Waals surface area contributed by atoms with Gasteiger partial charge in [-0.1, -0.05) is 0 Å². The molecule has 1 aliphatic heterocycles. The van der Waals surface area contributed by atoms with E-state index in [0.717, 1.165) is 12.1 Å². The Morgan fingerprint density at radius 2 is 1.70 bits per heavy atom. The number of alkyl halides is 7. The molecule has 128 valence electrons. The fourth-order valence-electron chi connectivity index (χ4n) is 1.85. The third-order valence-corrected chi connectivity index (χ3v) is 3.17. The maximum atomic E-state index is 13.7. The molecule has 0 bridgehead atoms. The zero-order chi connectivity index (χ0) is 17.7. The maximum Gasteiger partial charge on any atom is 0.460 e. The highest BCUT2D eigenvalue weighted by atomic mass is 19.4. The van der Waals surface area contributed by atoms with Crippen LogP contribution in [0.3, 0.4) is 0 Å². The molecule has 23 heavy (non-hydrogen) atoms. The predicted molar refractivity (Wildman–Crippen MR) is 63.6 cm³/mol. The van der Waals surface area contributed by atoms with Crippen molar-refractivity contribution in [3.05, 3.63) is 29.8 Å². The fraction of sp³-hybridized carbons (Fsp3) is 0.385. The van der Waals surface area contributed by atoms with E-state index in [1.165, 1.54) is 19.2 Å². The van der Waals surface area contributed by atoms with Crippen LogP contribution in [0.4, 0.5) is 30.7 Å². The Kier molecular flexibility index (Phi) is 3.79. The summed E-state index contributed by atoms with van der Waals surface area (Å²) in [4.78, 5) is 0. The van der Waals surface area contributed by atoms with E-state index in [1.807, 2.05) is 0 Å². The van der Waals surface area contributed by atoms with E-state index in [2.05, 4.69) is 4.74 Å². The lowest BCUT2D eigenvalue weighted by Gasteiger charge is -2.39. The summed E-state index contributed by atoms with van der Waals surface area (Å²) in [5.74, 6) is -16.9. The van der Waals surface area contributed by atoms with Crippen molar-refractivity contribution >= 4 is 6.08 Å². The summed E-state index contributed by atoms with van der Waals surface area (Å²) in [6, 6.07) is 3.44. The number of fused-ring (bicyclic) bond motifs is 1. The smallest absolute Gasteiger partial charge is 0.460 e. The van der Waals surface area contributed by atoms with Crippen LogP contribution >= 0.6 is 0 Å². The van der Waals surface area contributed by atoms with E-state index >= 15 is 0 Å². The topological polar surface area (TPSA) is 38.7 Å². The van der Waals surface area contributed by atoms with Gasteiger partial charge in [-0.15, -0.1) is 0 Å². The van der Waals surface area contributed by atoms with E-state index in [4.69, 9.17) is 4.74 Å². The minimum atomic E-state index is -6.58. The molecular weight excluding hydrogens is 337 g/mol. The van der Waals surface area contributed by atoms with E-state index < -0.39 is 29.6 Å². The van der Waals surface area contributed by atoms with Crippen molar-refractivity contribution in [2.75, 3.05) is 7.11 Å². The zero-order valence-electron chi connectivity index (χ0n) is 11.3. The highest BCUT2D eigenvalue weighted by molar-refractivity contribution is 5.63. The highest BCUT2D eigenvalue weighted by Crippen LogP contribution is 2.53. The number of methoxy groups -OCH3 is 1. The molecule has 3 nitrogen and oxygen atoms in total. The molecule has 1 aromatic carbocycles. The van der Waals surface area contributed by atoms with Crippen LogP contribution in [-0.2, 0) is 0 Å². The number of aliphatic hydroxyl groups is 1. The third kappa shape index (κ3) is 2.50. The number of hydrogen-bond acceptors (Lipinski definition) is 3. The molecule has 0 saturated heterocycles. The van der Waals surface area contributed by atoms with Gasteiger partial charge in [-0.3, -0.25) is 0 Å². The Balaban J connectivity index is 2.45. The Bertz CT molecular complexity index is 639. The number of halogens is 7. The summed E-state index contributed by atoms with van der Waals surface area (Å²) in [5, 5.41) is 9.60. The molecule has 2 rings (SSSR count). The van der Waals surface area contributed by atoms with Crippen LogP contribution < -0.4 is 9.47 Å². The van der Waals surface area contributed by atoms with Gasteiger partial charge in [0.05, 0.1) is 7.11 Å². The van der Waals surface area contributed by atoms with Gasteiger partial charge >= 0.3 is 18.0 Å². The van der Waals surface area contributed by atoms with Crippen molar-refractivity contribution < 1.29 is 45.3 Å². The minimum absolute atomic E-state index is 0.0361. The molecule has 0 aromatic heterocycles. The molecule has 0 saturated carbocycles. The second-order valence-corrected chi connectivity index (χ2v) is 4.68. The van der Waals surface area contributed by atoms with Gasteiger partial charge in [0.2, 0.25) is 0 Å². The Labute approximate surface area is 124 Å². The lowest BCUT2D eigenvalue weighted by Crippen LogP contribution is -2.66. The molecule has 1 unspecified atom stereocenters. The summed E-state index contributed by atoms with van der Waals surface area (Å²) in [6.45, 7) is 0. The third-order valence-electron chi connectivity index (χ3n) is 3.17. The first-order valence-electron chi connectivity index (χ1n) is 5.97. The summed E-state index contributed by atoms with van der Waals surface area (Å²) < 4.78 is 99.3. The molecule has 1 aliphatic rings. The summed E-state index contributed by atoms with van der Waals surface area (Å²) >= 11 is 0. The molecule has 0 radical (unpaired) electrons. The zero-order valence-corrected chi connectivity index (χ0v) is 11.3. The Morgan fingerprint density at radius 3 is 2.22 bits per heavy atom. The van der Waals surface area contributed by atoms with Gasteiger partial charge in [-0.2, -0.15) is 30.7 Å². The molecule has 1 N–H and O–H groups in total. The van der Waals surface area contributed by atoms with Crippen molar-refractivity contribution in [1.82, 2.24) is 0 Å². The van der Waals surface area contributed by atoms with Gasteiger partial charge in [0.1, 0.15) is 11.5 Å². The summed E-state index contributed by atoms with van der Waals surface area (Å²) in [7, 11) is 1.30. The van der Waals surface area contributed by atoms with E-state index in [9.17, 15) is 35.8 Å². The average molecular weight is 346 g/mol. The normalized spacial score (nSPS) is 21.6.